The summed E-state index contributed by atoms with van der Waals surface area (Å²) in [5.74, 6) is -1.51. The third-order valence-electron chi connectivity index (χ3n) is 6.77. The molecule has 8 heteroatoms. The summed E-state index contributed by atoms with van der Waals surface area (Å²) in [4.78, 5) is 43.5. The lowest BCUT2D eigenvalue weighted by molar-refractivity contribution is -0.120. The highest BCUT2D eigenvalue weighted by Crippen LogP contribution is 2.46. The fourth-order valence-corrected chi connectivity index (χ4v) is 6.61. The molecule has 1 aromatic heterocycles. The SMILES string of the molecule is O=C(NC1C(=O)N(c2ccccc2)c2sc3cc(Cl)ccc3c(=O)c2C1c1ccc(Cl)cc1)c1ccccc1. The van der Waals surface area contributed by atoms with Crippen LogP contribution in [-0.4, -0.2) is 17.9 Å². The number of hydrogen-bond acceptors (Lipinski definition) is 4. The number of hydrogen-bond donors (Lipinski definition) is 1. The normalized spacial score (nSPS) is 16.7. The number of benzene rings is 4. The number of rotatable bonds is 4. The molecule has 0 saturated heterocycles. The van der Waals surface area contributed by atoms with Gasteiger partial charge in [0.25, 0.3) is 11.8 Å². The molecular weight excluding hydrogens is 551 g/mol. The lowest BCUT2D eigenvalue weighted by Gasteiger charge is -2.39. The standard InChI is InChI=1S/C31H20Cl2N2O3S/c32-20-13-11-18(12-14-20)25-26-28(36)23-16-15-21(33)17-24(23)39-31(26)35(22-9-5-2-6-10-22)30(38)27(25)34-29(37)19-7-3-1-4-8-19/h1-17,25,27H,(H,34,37). The fraction of sp³-hybridized carbons (Fsp3) is 0.0645. The van der Waals surface area contributed by atoms with Crippen molar-refractivity contribution >= 4 is 67.1 Å². The maximum absolute atomic E-state index is 14.4. The van der Waals surface area contributed by atoms with Crippen LogP contribution in [0.3, 0.4) is 0 Å². The van der Waals surface area contributed by atoms with Gasteiger partial charge >= 0.3 is 0 Å². The second-order valence-electron chi connectivity index (χ2n) is 9.15. The Morgan fingerprint density at radius 2 is 1.44 bits per heavy atom. The molecule has 1 aliphatic rings. The molecule has 39 heavy (non-hydrogen) atoms. The summed E-state index contributed by atoms with van der Waals surface area (Å²) in [7, 11) is 0. The average Bonchev–Trinajstić information content (AvgIpc) is 2.95. The van der Waals surface area contributed by atoms with Gasteiger partial charge in [0.1, 0.15) is 11.0 Å². The van der Waals surface area contributed by atoms with Crippen LogP contribution < -0.4 is 15.6 Å². The summed E-state index contributed by atoms with van der Waals surface area (Å²) in [6, 6.07) is 28.9. The molecule has 2 amide bonds. The zero-order valence-corrected chi connectivity index (χ0v) is 22.6. The summed E-state index contributed by atoms with van der Waals surface area (Å²) < 4.78 is 0.668. The lowest BCUT2D eigenvalue weighted by Crippen LogP contribution is -2.54. The van der Waals surface area contributed by atoms with Crippen LogP contribution in [0.2, 0.25) is 10.0 Å². The van der Waals surface area contributed by atoms with E-state index >= 15 is 0 Å². The molecule has 5 aromatic rings. The number of nitrogens with zero attached hydrogens (tertiary/aromatic N) is 1. The summed E-state index contributed by atoms with van der Waals surface area (Å²) >= 11 is 13.8. The number of amides is 2. The number of fused-ring (bicyclic) bond motifs is 2. The zero-order chi connectivity index (χ0) is 27.1. The van der Waals surface area contributed by atoms with Crippen molar-refractivity contribution < 1.29 is 9.59 Å². The van der Waals surface area contributed by atoms with Crippen molar-refractivity contribution in [1.29, 1.82) is 0 Å². The van der Waals surface area contributed by atoms with Crippen LogP contribution in [0, 0.1) is 0 Å². The van der Waals surface area contributed by atoms with Crippen molar-refractivity contribution in [2.75, 3.05) is 4.90 Å². The van der Waals surface area contributed by atoms with Gasteiger partial charge in [-0.05, 0) is 60.2 Å². The van der Waals surface area contributed by atoms with E-state index in [-0.39, 0.29) is 11.3 Å². The Hall–Kier alpha value is -3.97. The first kappa shape index (κ1) is 25.3. The molecule has 2 atom stereocenters. The second kappa shape index (κ2) is 10.3. The Kier molecular flexibility index (Phi) is 6.69. The maximum Gasteiger partial charge on any atom is 0.255 e. The van der Waals surface area contributed by atoms with Gasteiger partial charge in [-0.15, -0.1) is 11.3 Å². The zero-order valence-electron chi connectivity index (χ0n) is 20.3. The van der Waals surface area contributed by atoms with Crippen LogP contribution in [0.15, 0.2) is 108 Å². The molecule has 192 valence electrons. The predicted octanol–water partition coefficient (Wildman–Crippen LogP) is 7.18. The number of carbonyl (C=O) groups is 2. The fourth-order valence-electron chi connectivity index (χ4n) is 4.97. The van der Waals surface area contributed by atoms with E-state index in [0.29, 0.717) is 47.5 Å². The van der Waals surface area contributed by atoms with Crippen molar-refractivity contribution in [1.82, 2.24) is 5.32 Å². The van der Waals surface area contributed by atoms with Crippen LogP contribution in [0.4, 0.5) is 10.7 Å². The molecule has 1 aliphatic heterocycles. The van der Waals surface area contributed by atoms with E-state index in [1.807, 2.05) is 24.3 Å². The minimum atomic E-state index is -1.06. The van der Waals surface area contributed by atoms with Gasteiger partial charge in [-0.2, -0.15) is 0 Å². The molecule has 4 aromatic carbocycles. The van der Waals surface area contributed by atoms with E-state index in [1.165, 1.54) is 16.2 Å². The van der Waals surface area contributed by atoms with Gasteiger partial charge in [0.05, 0.1) is 0 Å². The molecule has 5 nitrogen and oxygen atoms in total. The quantitative estimate of drug-likeness (QED) is 0.249. The molecule has 0 radical (unpaired) electrons. The summed E-state index contributed by atoms with van der Waals surface area (Å²) in [6.07, 6.45) is 0. The van der Waals surface area contributed by atoms with E-state index < -0.39 is 17.9 Å². The van der Waals surface area contributed by atoms with E-state index in [0.717, 1.165) is 0 Å². The number of halogens is 2. The van der Waals surface area contributed by atoms with Gasteiger partial charge in [0.2, 0.25) is 0 Å². The number of anilines is 2. The average molecular weight is 571 g/mol. The third-order valence-corrected chi connectivity index (χ3v) is 8.41. The van der Waals surface area contributed by atoms with E-state index in [4.69, 9.17) is 23.2 Å². The lowest BCUT2D eigenvalue weighted by atomic mass is 9.81. The van der Waals surface area contributed by atoms with Crippen LogP contribution in [0.5, 0.6) is 0 Å². The largest absolute Gasteiger partial charge is 0.339 e. The molecule has 2 unspecified atom stereocenters. The van der Waals surface area contributed by atoms with Crippen molar-refractivity contribution in [3.05, 3.63) is 140 Å². The van der Waals surface area contributed by atoms with Gasteiger partial charge in [0, 0.05) is 42.9 Å². The van der Waals surface area contributed by atoms with Gasteiger partial charge in [-0.1, -0.05) is 71.7 Å². The van der Waals surface area contributed by atoms with Crippen LogP contribution >= 0.6 is 34.5 Å². The van der Waals surface area contributed by atoms with Crippen LogP contribution in [0.1, 0.15) is 27.4 Å². The van der Waals surface area contributed by atoms with Crippen LogP contribution in [-0.2, 0) is 4.79 Å². The Morgan fingerprint density at radius 1 is 0.795 bits per heavy atom. The van der Waals surface area contributed by atoms with Gasteiger partial charge in [-0.3, -0.25) is 19.3 Å². The first-order chi connectivity index (χ1) is 18.9. The van der Waals surface area contributed by atoms with E-state index in [9.17, 15) is 14.4 Å². The molecule has 1 N–H and O–H groups in total. The molecule has 0 fully saturated rings. The van der Waals surface area contributed by atoms with Crippen molar-refractivity contribution in [2.45, 2.75) is 12.0 Å². The van der Waals surface area contributed by atoms with Gasteiger partial charge < -0.3 is 5.32 Å². The third kappa shape index (κ3) is 4.61. The monoisotopic (exact) mass is 570 g/mol. The predicted molar refractivity (Wildman–Crippen MR) is 158 cm³/mol. The summed E-state index contributed by atoms with van der Waals surface area (Å²) in [5.41, 5.74) is 1.91. The summed E-state index contributed by atoms with van der Waals surface area (Å²) in [6.45, 7) is 0. The Bertz CT molecular complexity index is 1770. The first-order valence-electron chi connectivity index (χ1n) is 12.2. The van der Waals surface area contributed by atoms with Crippen molar-refractivity contribution in [3.8, 4) is 0 Å². The highest BCUT2D eigenvalue weighted by atomic mass is 35.5. The molecule has 0 aliphatic carbocycles. The topological polar surface area (TPSA) is 66.5 Å². The van der Waals surface area contributed by atoms with E-state index in [2.05, 4.69) is 5.32 Å². The molecular formula is C31H20Cl2N2O3S. The van der Waals surface area contributed by atoms with Crippen LogP contribution in [0.25, 0.3) is 10.1 Å². The highest BCUT2D eigenvalue weighted by Gasteiger charge is 2.45. The molecule has 0 spiro atoms. The number of nitrogens with one attached hydrogen (secondary N) is 1. The number of carbonyl (C=O) groups excluding carboxylic acids is 2. The van der Waals surface area contributed by atoms with E-state index in [1.54, 1.807) is 78.9 Å². The second-order valence-corrected chi connectivity index (χ2v) is 11.0. The Balaban J connectivity index is 1.63. The molecule has 0 saturated carbocycles. The molecule has 0 bridgehead atoms. The highest BCUT2D eigenvalue weighted by molar-refractivity contribution is 7.22. The molecule has 6 rings (SSSR count). The van der Waals surface area contributed by atoms with Gasteiger partial charge in [-0.25, -0.2) is 0 Å². The van der Waals surface area contributed by atoms with Crippen molar-refractivity contribution in [3.63, 3.8) is 0 Å². The maximum atomic E-state index is 14.4. The Morgan fingerprint density at radius 3 is 2.13 bits per heavy atom. The Labute approximate surface area is 238 Å². The first-order valence-corrected chi connectivity index (χ1v) is 13.8. The smallest absolute Gasteiger partial charge is 0.255 e. The van der Waals surface area contributed by atoms with Crippen molar-refractivity contribution in [2.24, 2.45) is 0 Å². The number of para-hydroxylation sites is 1. The van der Waals surface area contributed by atoms with Gasteiger partial charge in [0.15, 0.2) is 5.43 Å². The minimum absolute atomic E-state index is 0.220. The minimum Gasteiger partial charge on any atom is -0.339 e. The summed E-state index contributed by atoms with van der Waals surface area (Å²) in [5, 5.41) is 4.97. The molecule has 2 heterocycles.